The van der Waals surface area contributed by atoms with Crippen LogP contribution in [0.1, 0.15) is 40.2 Å². The molecule has 0 atom stereocenters. The molecule has 0 fully saturated rings. The van der Waals surface area contributed by atoms with Crippen molar-refractivity contribution in [3.63, 3.8) is 0 Å². The van der Waals surface area contributed by atoms with Gasteiger partial charge in [-0.2, -0.15) is 0 Å². The number of para-hydroxylation sites is 1. The molecule has 1 aliphatic rings. The molecule has 17 heavy (non-hydrogen) atoms. The number of fused-ring (bicyclic) bond motifs is 1. The molecular weight excluding hydrogens is 276 g/mol. The molecule has 0 saturated heterocycles. The molecule has 0 aromatic heterocycles. The highest BCUT2D eigenvalue weighted by atomic mass is 79.9. The van der Waals surface area contributed by atoms with Crippen LogP contribution in [0.25, 0.3) is 5.57 Å². The summed E-state index contributed by atoms with van der Waals surface area (Å²) < 4.78 is 7.20. The van der Waals surface area contributed by atoms with Crippen LogP contribution < -0.4 is 4.74 Å². The van der Waals surface area contributed by atoms with Crippen LogP contribution in [0.2, 0.25) is 0 Å². The summed E-state index contributed by atoms with van der Waals surface area (Å²) in [7, 11) is 0. The molecule has 0 bridgehead atoms. The van der Waals surface area contributed by atoms with Crippen LogP contribution in [0.5, 0.6) is 5.75 Å². The van der Waals surface area contributed by atoms with Crippen LogP contribution in [0.4, 0.5) is 0 Å². The summed E-state index contributed by atoms with van der Waals surface area (Å²) >= 11 is 3.74. The summed E-state index contributed by atoms with van der Waals surface area (Å²) in [5.41, 5.74) is 2.34. The van der Waals surface area contributed by atoms with Gasteiger partial charge >= 0.3 is 0 Å². The molecule has 1 heterocycles. The molecule has 1 nitrogen and oxygen atoms in total. The van der Waals surface area contributed by atoms with Gasteiger partial charge in [-0.3, -0.25) is 0 Å². The lowest BCUT2D eigenvalue weighted by Crippen LogP contribution is -2.34. The number of hydrogen-bond acceptors (Lipinski definition) is 1. The smallest absolute Gasteiger partial charge is 0.135 e. The third-order valence-corrected chi connectivity index (χ3v) is 4.37. The maximum atomic E-state index is 6.05. The Morgan fingerprint density at radius 1 is 1.12 bits per heavy atom. The van der Waals surface area contributed by atoms with E-state index in [4.69, 9.17) is 4.74 Å². The molecule has 0 radical (unpaired) electrons. The van der Waals surface area contributed by atoms with Gasteiger partial charge in [0.25, 0.3) is 0 Å². The van der Waals surface area contributed by atoms with E-state index < -0.39 is 0 Å². The van der Waals surface area contributed by atoms with Gasteiger partial charge in [-0.25, -0.2) is 0 Å². The lowest BCUT2D eigenvalue weighted by Gasteiger charge is -2.38. The Kier molecular flexibility index (Phi) is 2.89. The zero-order valence-corrected chi connectivity index (χ0v) is 12.7. The average Bonchev–Trinajstić information content (AvgIpc) is 2.17. The van der Waals surface area contributed by atoms with Gasteiger partial charge in [0.15, 0.2) is 0 Å². The predicted molar refractivity (Wildman–Crippen MR) is 76.5 cm³/mol. The molecule has 0 unspecified atom stereocenters. The van der Waals surface area contributed by atoms with Gasteiger partial charge in [0, 0.05) is 10.0 Å². The second-order valence-corrected chi connectivity index (χ2v) is 6.84. The minimum absolute atomic E-state index is 0.0932. The van der Waals surface area contributed by atoms with Crippen molar-refractivity contribution in [1.82, 2.24) is 0 Å². The Bertz CT molecular complexity index is 478. The largest absolute Gasteiger partial charge is 0.482 e. The molecule has 0 amide bonds. The number of benzene rings is 1. The molecule has 0 spiro atoms. The van der Waals surface area contributed by atoms with Crippen molar-refractivity contribution in [2.75, 3.05) is 0 Å². The first-order valence-corrected chi connectivity index (χ1v) is 6.72. The summed E-state index contributed by atoms with van der Waals surface area (Å²) in [5, 5.41) is 0. The molecule has 92 valence electrons. The monoisotopic (exact) mass is 294 g/mol. The van der Waals surface area contributed by atoms with Crippen molar-refractivity contribution in [2.45, 2.75) is 40.2 Å². The second-order valence-electron chi connectivity index (χ2n) is 6.05. The molecule has 0 N–H and O–H groups in total. The molecule has 2 rings (SSSR count). The third kappa shape index (κ3) is 2.15. The van der Waals surface area contributed by atoms with Crippen LogP contribution in [-0.4, -0.2) is 5.60 Å². The molecule has 0 saturated carbocycles. The van der Waals surface area contributed by atoms with E-state index in [-0.39, 0.29) is 11.0 Å². The number of halogens is 1. The van der Waals surface area contributed by atoms with Gasteiger partial charge in [0.2, 0.25) is 0 Å². The number of hydrogen-bond donors (Lipinski definition) is 0. The van der Waals surface area contributed by atoms with E-state index in [0.717, 1.165) is 10.2 Å². The first-order valence-electron chi connectivity index (χ1n) is 5.92. The highest BCUT2D eigenvalue weighted by Gasteiger charge is 2.37. The van der Waals surface area contributed by atoms with Gasteiger partial charge < -0.3 is 4.74 Å². The Labute approximate surface area is 112 Å². The van der Waals surface area contributed by atoms with Crippen LogP contribution >= 0.6 is 15.9 Å². The Morgan fingerprint density at radius 2 is 1.71 bits per heavy atom. The highest BCUT2D eigenvalue weighted by molar-refractivity contribution is 9.12. The van der Waals surface area contributed by atoms with Gasteiger partial charge in [-0.15, -0.1) is 0 Å². The maximum Gasteiger partial charge on any atom is 0.135 e. The van der Waals surface area contributed by atoms with Crippen molar-refractivity contribution in [1.29, 1.82) is 0 Å². The molecule has 1 aromatic rings. The first-order chi connectivity index (χ1) is 7.73. The summed E-state index contributed by atoms with van der Waals surface area (Å²) in [4.78, 5) is 0. The Hall–Kier alpha value is -0.760. The van der Waals surface area contributed by atoms with Crippen molar-refractivity contribution in [3.8, 4) is 5.75 Å². The fraction of sp³-hybridized carbons (Fsp3) is 0.467. The van der Waals surface area contributed by atoms with Gasteiger partial charge in [0.05, 0.1) is 0 Å². The Balaban J connectivity index is 2.73. The lowest BCUT2D eigenvalue weighted by atomic mass is 9.78. The summed E-state index contributed by atoms with van der Waals surface area (Å²) in [5.74, 6) is 0.977. The van der Waals surface area contributed by atoms with Gasteiger partial charge in [-0.05, 0) is 30.9 Å². The maximum absolute atomic E-state index is 6.05. The van der Waals surface area contributed by atoms with Crippen LogP contribution in [0, 0.1) is 5.41 Å². The number of ether oxygens (including phenoxy) is 1. The molecule has 2 heteroatoms. The van der Waals surface area contributed by atoms with Gasteiger partial charge in [0.1, 0.15) is 11.4 Å². The first kappa shape index (κ1) is 12.7. The van der Waals surface area contributed by atoms with E-state index >= 15 is 0 Å². The summed E-state index contributed by atoms with van der Waals surface area (Å²) in [6, 6.07) is 8.26. The van der Waals surface area contributed by atoms with E-state index in [2.05, 4.69) is 62.7 Å². The van der Waals surface area contributed by atoms with Crippen molar-refractivity contribution in [3.05, 3.63) is 34.3 Å². The van der Waals surface area contributed by atoms with E-state index in [9.17, 15) is 0 Å². The third-order valence-electron chi connectivity index (χ3n) is 3.02. The average molecular weight is 295 g/mol. The predicted octanol–water partition coefficient (Wildman–Crippen LogP) is 5.01. The Morgan fingerprint density at radius 3 is 2.29 bits per heavy atom. The van der Waals surface area contributed by atoms with Crippen LogP contribution in [0.3, 0.4) is 0 Å². The fourth-order valence-corrected chi connectivity index (χ4v) is 3.12. The van der Waals surface area contributed by atoms with Crippen LogP contribution in [0.15, 0.2) is 28.7 Å². The minimum Gasteiger partial charge on any atom is -0.482 e. The van der Waals surface area contributed by atoms with Gasteiger partial charge in [-0.1, -0.05) is 54.9 Å². The summed E-state index contributed by atoms with van der Waals surface area (Å²) in [6.07, 6.45) is 0. The van der Waals surface area contributed by atoms with E-state index in [1.54, 1.807) is 0 Å². The molecule has 1 aliphatic heterocycles. The van der Waals surface area contributed by atoms with Crippen molar-refractivity contribution in [2.24, 2.45) is 5.41 Å². The van der Waals surface area contributed by atoms with Crippen molar-refractivity contribution < 1.29 is 4.74 Å². The zero-order valence-electron chi connectivity index (χ0n) is 11.1. The number of rotatable bonds is 0. The van der Waals surface area contributed by atoms with E-state index in [1.807, 2.05) is 12.1 Å². The van der Waals surface area contributed by atoms with Crippen LogP contribution in [-0.2, 0) is 0 Å². The van der Waals surface area contributed by atoms with Crippen molar-refractivity contribution >= 4 is 21.5 Å². The molecule has 1 aromatic carbocycles. The highest BCUT2D eigenvalue weighted by Crippen LogP contribution is 2.49. The topological polar surface area (TPSA) is 9.23 Å². The SMILES string of the molecule is CC(C)(C)C1=C(Br)C(C)(C)Oc2ccccc21. The molecular formula is C15H19BrO. The van der Waals surface area contributed by atoms with E-state index in [1.165, 1.54) is 11.1 Å². The quantitative estimate of drug-likeness (QED) is 0.653. The lowest BCUT2D eigenvalue weighted by molar-refractivity contribution is 0.152. The standard InChI is InChI=1S/C15H19BrO/c1-14(2,3)12-10-8-6-7-9-11(10)17-15(4,5)13(12)16/h6-9H,1-5H3. The fourth-order valence-electron chi connectivity index (χ4n) is 2.23. The minimum atomic E-state index is -0.295. The summed E-state index contributed by atoms with van der Waals surface area (Å²) in [6.45, 7) is 10.9. The van der Waals surface area contributed by atoms with E-state index in [0.29, 0.717) is 0 Å². The normalized spacial score (nSPS) is 18.7. The zero-order chi connectivity index (χ0) is 12.8. The molecule has 0 aliphatic carbocycles. The second kappa shape index (κ2) is 3.88. The number of allylic oxidation sites excluding steroid dienone is 1.